The monoisotopic (exact) mass is 316 g/mol. The lowest BCUT2D eigenvalue weighted by Gasteiger charge is -2.41. The second-order valence-corrected chi connectivity index (χ2v) is 6.92. The number of amides is 2. The Hall–Kier alpha value is -1.88. The number of hydrogen-bond acceptors (Lipinski definition) is 3. The maximum atomic E-state index is 12.9. The van der Waals surface area contributed by atoms with Crippen LogP contribution in [0.1, 0.15) is 53.6 Å². The Morgan fingerprint density at radius 2 is 2.04 bits per heavy atom. The maximum absolute atomic E-state index is 12.9. The number of carbonyl (C=O) groups excluding carboxylic acids is 2. The molecule has 0 radical (unpaired) electrons. The fraction of sp³-hybridized carbons (Fsp3) is 0.556. The first-order valence-electron chi connectivity index (χ1n) is 8.37. The van der Waals surface area contributed by atoms with Gasteiger partial charge in [0.2, 0.25) is 5.91 Å². The Kier molecular flexibility index (Phi) is 4.39. The highest BCUT2D eigenvalue weighted by Crippen LogP contribution is 2.42. The number of likely N-dealkylation sites (tertiary alicyclic amines) is 1. The van der Waals surface area contributed by atoms with Gasteiger partial charge < -0.3 is 4.90 Å². The molecule has 1 aliphatic carbocycles. The van der Waals surface area contributed by atoms with Crippen LogP contribution in [0.3, 0.4) is 0 Å². The molecule has 1 fully saturated rings. The molecule has 0 saturated carbocycles. The topological polar surface area (TPSA) is 69.6 Å². The van der Waals surface area contributed by atoms with E-state index in [4.69, 9.17) is 5.21 Å². The lowest BCUT2D eigenvalue weighted by Crippen LogP contribution is -2.46. The van der Waals surface area contributed by atoms with Gasteiger partial charge in [0.05, 0.1) is 5.41 Å². The van der Waals surface area contributed by atoms with Gasteiger partial charge in [0, 0.05) is 19.2 Å². The Morgan fingerprint density at radius 3 is 2.83 bits per heavy atom. The normalized spacial score (nSPS) is 24.8. The highest BCUT2D eigenvalue weighted by molar-refractivity contribution is 5.93. The van der Waals surface area contributed by atoms with E-state index in [1.165, 1.54) is 6.42 Å². The number of aryl methyl sites for hydroxylation is 1. The fourth-order valence-electron chi connectivity index (χ4n) is 4.06. The molecule has 5 heteroatoms. The van der Waals surface area contributed by atoms with Gasteiger partial charge >= 0.3 is 0 Å². The molecule has 2 aliphatic rings. The highest BCUT2D eigenvalue weighted by atomic mass is 16.5. The summed E-state index contributed by atoms with van der Waals surface area (Å²) in [7, 11) is 1.92. The number of hydroxylamine groups is 1. The summed E-state index contributed by atoms with van der Waals surface area (Å²) >= 11 is 0. The number of hydrogen-bond donors (Lipinski definition) is 2. The average molecular weight is 316 g/mol. The van der Waals surface area contributed by atoms with E-state index in [1.807, 2.05) is 24.1 Å². The van der Waals surface area contributed by atoms with Crippen molar-refractivity contribution in [2.75, 3.05) is 13.6 Å². The molecule has 23 heavy (non-hydrogen) atoms. The van der Waals surface area contributed by atoms with Gasteiger partial charge in [-0.1, -0.05) is 18.9 Å². The molecular formula is C18H24N2O3. The van der Waals surface area contributed by atoms with Crippen LogP contribution in [0.15, 0.2) is 18.2 Å². The van der Waals surface area contributed by atoms with Gasteiger partial charge in [-0.05, 0) is 55.4 Å². The molecule has 1 aliphatic heterocycles. The molecule has 5 nitrogen and oxygen atoms in total. The predicted molar refractivity (Wildman–Crippen MR) is 86.3 cm³/mol. The Balaban J connectivity index is 1.88. The zero-order valence-electron chi connectivity index (χ0n) is 13.6. The molecule has 1 aromatic rings. The van der Waals surface area contributed by atoms with Crippen molar-refractivity contribution in [2.45, 2.75) is 44.9 Å². The summed E-state index contributed by atoms with van der Waals surface area (Å²) in [4.78, 5) is 26.4. The molecule has 1 saturated heterocycles. The predicted octanol–water partition coefficient (Wildman–Crippen LogP) is 2.31. The van der Waals surface area contributed by atoms with E-state index in [0.717, 1.165) is 56.2 Å². The third-order valence-corrected chi connectivity index (χ3v) is 5.42. The van der Waals surface area contributed by atoms with Crippen molar-refractivity contribution in [3.8, 4) is 0 Å². The van der Waals surface area contributed by atoms with Crippen LogP contribution >= 0.6 is 0 Å². The molecule has 1 spiro atoms. The minimum absolute atomic E-state index is 0.275. The molecule has 1 aromatic carbocycles. The molecule has 2 amide bonds. The molecule has 0 bridgehead atoms. The van der Waals surface area contributed by atoms with Crippen molar-refractivity contribution in [2.24, 2.45) is 5.41 Å². The number of rotatable bonds is 1. The summed E-state index contributed by atoms with van der Waals surface area (Å²) in [5, 5.41) is 8.76. The first kappa shape index (κ1) is 16.0. The zero-order valence-corrected chi connectivity index (χ0v) is 13.6. The number of fused-ring (bicyclic) bond motifs is 1. The first-order chi connectivity index (χ1) is 11.1. The van der Waals surface area contributed by atoms with Gasteiger partial charge in [-0.15, -0.1) is 0 Å². The lowest BCUT2D eigenvalue weighted by atomic mass is 9.67. The van der Waals surface area contributed by atoms with Crippen molar-refractivity contribution in [3.05, 3.63) is 34.9 Å². The SMILES string of the molecule is CN1CCCCCC2(CCc3cc(C(=O)NO)ccc3C2)C1=O. The van der Waals surface area contributed by atoms with Gasteiger partial charge in [0.15, 0.2) is 0 Å². The smallest absolute Gasteiger partial charge is 0.274 e. The molecule has 1 atom stereocenters. The van der Waals surface area contributed by atoms with Crippen LogP contribution in [-0.2, 0) is 17.6 Å². The summed E-state index contributed by atoms with van der Waals surface area (Å²) in [5.74, 6) is -0.213. The summed E-state index contributed by atoms with van der Waals surface area (Å²) in [5.41, 5.74) is 4.14. The molecule has 1 heterocycles. The number of benzene rings is 1. The van der Waals surface area contributed by atoms with Crippen molar-refractivity contribution in [3.63, 3.8) is 0 Å². The second kappa shape index (κ2) is 6.32. The zero-order chi connectivity index (χ0) is 16.4. The van der Waals surface area contributed by atoms with Crippen LogP contribution in [0.5, 0.6) is 0 Å². The quantitative estimate of drug-likeness (QED) is 0.617. The van der Waals surface area contributed by atoms with E-state index in [9.17, 15) is 9.59 Å². The van der Waals surface area contributed by atoms with Gasteiger partial charge in [-0.2, -0.15) is 0 Å². The minimum Gasteiger partial charge on any atom is -0.345 e. The minimum atomic E-state index is -0.491. The number of nitrogens with zero attached hydrogens (tertiary/aromatic N) is 1. The molecule has 1 unspecified atom stereocenters. The van der Waals surface area contributed by atoms with Crippen LogP contribution < -0.4 is 5.48 Å². The van der Waals surface area contributed by atoms with Crippen LogP contribution in [0.25, 0.3) is 0 Å². The van der Waals surface area contributed by atoms with Crippen molar-refractivity contribution in [1.82, 2.24) is 10.4 Å². The van der Waals surface area contributed by atoms with E-state index >= 15 is 0 Å². The first-order valence-corrected chi connectivity index (χ1v) is 8.37. The van der Waals surface area contributed by atoms with Crippen LogP contribution in [0, 0.1) is 5.41 Å². The number of nitrogens with one attached hydrogen (secondary N) is 1. The standard InChI is InChI=1S/C18H24N2O3/c1-20-10-4-2-3-8-18(17(20)22)9-7-13-11-14(16(21)19-23)5-6-15(13)12-18/h5-6,11,23H,2-4,7-10,12H2,1H3,(H,19,21). The van der Waals surface area contributed by atoms with E-state index in [-0.39, 0.29) is 11.3 Å². The molecule has 3 rings (SSSR count). The van der Waals surface area contributed by atoms with E-state index in [0.29, 0.717) is 5.56 Å². The van der Waals surface area contributed by atoms with Gasteiger partial charge in [-0.3, -0.25) is 14.8 Å². The van der Waals surface area contributed by atoms with E-state index < -0.39 is 5.91 Å². The van der Waals surface area contributed by atoms with Crippen molar-refractivity contribution < 1.29 is 14.8 Å². The van der Waals surface area contributed by atoms with Gasteiger partial charge in [-0.25, -0.2) is 5.48 Å². The Morgan fingerprint density at radius 1 is 1.22 bits per heavy atom. The third kappa shape index (κ3) is 2.98. The molecule has 124 valence electrons. The Labute approximate surface area is 136 Å². The second-order valence-electron chi connectivity index (χ2n) is 6.92. The third-order valence-electron chi connectivity index (χ3n) is 5.42. The highest BCUT2D eigenvalue weighted by Gasteiger charge is 2.42. The van der Waals surface area contributed by atoms with Crippen molar-refractivity contribution >= 4 is 11.8 Å². The number of carbonyl (C=O) groups is 2. The van der Waals surface area contributed by atoms with Gasteiger partial charge in [0.25, 0.3) is 5.91 Å². The summed E-state index contributed by atoms with van der Waals surface area (Å²) in [6.07, 6.45) is 6.74. The van der Waals surface area contributed by atoms with E-state index in [2.05, 4.69) is 0 Å². The molecule has 2 N–H and O–H groups in total. The van der Waals surface area contributed by atoms with Crippen LogP contribution in [0.2, 0.25) is 0 Å². The average Bonchev–Trinajstić information content (AvgIpc) is 2.58. The lowest BCUT2D eigenvalue weighted by molar-refractivity contribution is -0.143. The Bertz CT molecular complexity index is 629. The van der Waals surface area contributed by atoms with Gasteiger partial charge in [0.1, 0.15) is 0 Å². The summed E-state index contributed by atoms with van der Waals surface area (Å²) in [6, 6.07) is 5.50. The summed E-state index contributed by atoms with van der Waals surface area (Å²) < 4.78 is 0. The molecular weight excluding hydrogens is 292 g/mol. The van der Waals surface area contributed by atoms with Crippen LogP contribution in [0.4, 0.5) is 0 Å². The van der Waals surface area contributed by atoms with E-state index in [1.54, 1.807) is 11.5 Å². The van der Waals surface area contributed by atoms with Crippen LogP contribution in [-0.4, -0.2) is 35.5 Å². The fourth-order valence-corrected chi connectivity index (χ4v) is 4.06. The van der Waals surface area contributed by atoms with Crippen molar-refractivity contribution in [1.29, 1.82) is 0 Å². The largest absolute Gasteiger partial charge is 0.345 e. The summed E-state index contributed by atoms with van der Waals surface area (Å²) in [6.45, 7) is 0.850. The molecule has 0 aromatic heterocycles. The maximum Gasteiger partial charge on any atom is 0.274 e.